The molecule has 0 spiro atoms. The van der Waals surface area contributed by atoms with Crippen molar-refractivity contribution in [3.8, 4) is 0 Å². The molecule has 1 aliphatic heterocycles. The Morgan fingerprint density at radius 3 is 3.12 bits per heavy atom. The lowest BCUT2D eigenvalue weighted by Gasteiger charge is -2.39. The van der Waals surface area contributed by atoms with E-state index in [0.29, 0.717) is 11.2 Å². The number of morpholine rings is 1. The second kappa shape index (κ2) is 5.02. The predicted molar refractivity (Wildman–Crippen MR) is 66.1 cm³/mol. The molecule has 3 nitrogen and oxygen atoms in total. The van der Waals surface area contributed by atoms with Crippen molar-refractivity contribution in [2.24, 2.45) is 0 Å². The molecule has 0 aliphatic carbocycles. The van der Waals surface area contributed by atoms with Crippen molar-refractivity contribution in [3.05, 3.63) is 23.5 Å². The summed E-state index contributed by atoms with van der Waals surface area (Å²) in [5.41, 5.74) is 1.14. The Balaban J connectivity index is 2.22. The van der Waals surface area contributed by atoms with Crippen LogP contribution in [0.1, 0.15) is 20.3 Å². The molecule has 2 rings (SSSR count). The van der Waals surface area contributed by atoms with E-state index in [1.54, 1.807) is 6.20 Å². The maximum absolute atomic E-state index is 5.92. The number of rotatable bonds is 2. The van der Waals surface area contributed by atoms with Crippen LogP contribution in [0.2, 0.25) is 5.15 Å². The maximum atomic E-state index is 5.92. The number of nitrogens with zero attached hydrogens (tertiary/aromatic N) is 2. The molecule has 4 heteroatoms. The van der Waals surface area contributed by atoms with E-state index in [1.165, 1.54) is 0 Å². The first kappa shape index (κ1) is 11.7. The minimum absolute atomic E-state index is 0.273. The predicted octanol–water partition coefficient (Wildman–Crippen LogP) is 2.74. The highest BCUT2D eigenvalue weighted by Gasteiger charge is 2.25. The van der Waals surface area contributed by atoms with Gasteiger partial charge in [0.25, 0.3) is 0 Å². The lowest BCUT2D eigenvalue weighted by molar-refractivity contribution is 0.0299. The number of aromatic nitrogens is 1. The molecule has 0 amide bonds. The van der Waals surface area contributed by atoms with Crippen LogP contribution < -0.4 is 4.90 Å². The van der Waals surface area contributed by atoms with Crippen molar-refractivity contribution >= 4 is 17.3 Å². The summed E-state index contributed by atoms with van der Waals surface area (Å²) in [6.07, 6.45) is 3.10. The van der Waals surface area contributed by atoms with Crippen LogP contribution in [0.25, 0.3) is 0 Å². The minimum Gasteiger partial charge on any atom is -0.375 e. The molecule has 2 heterocycles. The summed E-state index contributed by atoms with van der Waals surface area (Å²) in [4.78, 5) is 6.37. The van der Waals surface area contributed by atoms with Gasteiger partial charge in [-0.2, -0.15) is 0 Å². The molecule has 1 aliphatic rings. The molecule has 2 unspecified atom stereocenters. The fourth-order valence-electron chi connectivity index (χ4n) is 2.07. The second-order valence-corrected chi connectivity index (χ2v) is 4.58. The van der Waals surface area contributed by atoms with Gasteiger partial charge in [0.05, 0.1) is 18.8 Å². The van der Waals surface area contributed by atoms with Gasteiger partial charge in [0.2, 0.25) is 0 Å². The van der Waals surface area contributed by atoms with Gasteiger partial charge in [0.15, 0.2) is 0 Å². The van der Waals surface area contributed by atoms with Crippen LogP contribution in [0.4, 0.5) is 5.69 Å². The third-order valence-corrected chi connectivity index (χ3v) is 3.19. The monoisotopic (exact) mass is 240 g/mol. The van der Waals surface area contributed by atoms with Crippen LogP contribution in [0, 0.1) is 0 Å². The van der Waals surface area contributed by atoms with E-state index in [4.69, 9.17) is 16.3 Å². The molecule has 1 fully saturated rings. The highest BCUT2D eigenvalue weighted by atomic mass is 35.5. The van der Waals surface area contributed by atoms with Gasteiger partial charge in [-0.25, -0.2) is 4.98 Å². The fourth-order valence-corrected chi connectivity index (χ4v) is 2.24. The zero-order valence-corrected chi connectivity index (χ0v) is 10.4. The third-order valence-electron chi connectivity index (χ3n) is 2.98. The van der Waals surface area contributed by atoms with Crippen molar-refractivity contribution in [3.63, 3.8) is 0 Å². The summed E-state index contributed by atoms with van der Waals surface area (Å²) >= 11 is 5.92. The van der Waals surface area contributed by atoms with E-state index >= 15 is 0 Å². The van der Waals surface area contributed by atoms with Crippen molar-refractivity contribution in [1.29, 1.82) is 0 Å². The number of anilines is 1. The summed E-state index contributed by atoms with van der Waals surface area (Å²) in [6.45, 7) is 5.98. The van der Waals surface area contributed by atoms with Gasteiger partial charge >= 0.3 is 0 Å². The Hall–Kier alpha value is -0.800. The molecule has 88 valence electrons. The number of pyridine rings is 1. The van der Waals surface area contributed by atoms with E-state index < -0.39 is 0 Å². The molecule has 0 N–H and O–H groups in total. The lowest BCUT2D eigenvalue weighted by atomic mass is 10.1. The van der Waals surface area contributed by atoms with Gasteiger partial charge in [0.1, 0.15) is 5.15 Å². The van der Waals surface area contributed by atoms with Gasteiger partial charge in [-0.1, -0.05) is 18.5 Å². The Labute approximate surface area is 101 Å². The van der Waals surface area contributed by atoms with Gasteiger partial charge in [-0.3, -0.25) is 0 Å². The van der Waals surface area contributed by atoms with Crippen LogP contribution in [-0.2, 0) is 4.74 Å². The standard InChI is InChI=1S/C12H17ClN2O/c1-3-10-8-16-9(2)7-15(10)11-4-5-14-12(13)6-11/h4-6,9-10H,3,7-8H2,1-2H3. The highest BCUT2D eigenvalue weighted by molar-refractivity contribution is 6.29. The zero-order chi connectivity index (χ0) is 11.5. The first-order chi connectivity index (χ1) is 7.70. The van der Waals surface area contributed by atoms with E-state index in [9.17, 15) is 0 Å². The van der Waals surface area contributed by atoms with E-state index in [1.807, 2.05) is 12.1 Å². The second-order valence-electron chi connectivity index (χ2n) is 4.20. The van der Waals surface area contributed by atoms with Crippen LogP contribution in [0.3, 0.4) is 0 Å². The third kappa shape index (κ3) is 2.47. The molecule has 2 atom stereocenters. The van der Waals surface area contributed by atoms with Crippen molar-refractivity contribution < 1.29 is 4.74 Å². The molecule has 0 bridgehead atoms. The van der Waals surface area contributed by atoms with Gasteiger partial charge in [-0.05, 0) is 25.5 Å². The molecular weight excluding hydrogens is 224 g/mol. The molecule has 1 aromatic heterocycles. The average molecular weight is 241 g/mol. The van der Waals surface area contributed by atoms with Crippen LogP contribution in [0.15, 0.2) is 18.3 Å². The SMILES string of the molecule is CCC1COC(C)CN1c1ccnc(Cl)c1. The average Bonchev–Trinajstić information content (AvgIpc) is 2.29. The van der Waals surface area contributed by atoms with Crippen molar-refractivity contribution in [1.82, 2.24) is 4.98 Å². The van der Waals surface area contributed by atoms with Gasteiger partial charge in [-0.15, -0.1) is 0 Å². The van der Waals surface area contributed by atoms with E-state index in [-0.39, 0.29) is 6.10 Å². The van der Waals surface area contributed by atoms with Crippen molar-refractivity contribution in [2.45, 2.75) is 32.4 Å². The first-order valence-corrected chi connectivity index (χ1v) is 6.08. The summed E-state index contributed by atoms with van der Waals surface area (Å²) in [5, 5.41) is 0.548. The molecule has 0 aromatic carbocycles. The molecular formula is C12H17ClN2O. The topological polar surface area (TPSA) is 25.4 Å². The summed E-state index contributed by atoms with van der Waals surface area (Å²) in [7, 11) is 0. The number of hydrogen-bond donors (Lipinski definition) is 0. The van der Waals surface area contributed by atoms with Crippen LogP contribution in [-0.4, -0.2) is 30.3 Å². The molecule has 1 aromatic rings. The fraction of sp³-hybridized carbons (Fsp3) is 0.583. The lowest BCUT2D eigenvalue weighted by Crippen LogP contribution is -2.48. The molecule has 1 saturated heterocycles. The van der Waals surface area contributed by atoms with Gasteiger partial charge in [0, 0.05) is 18.4 Å². The van der Waals surface area contributed by atoms with E-state index in [0.717, 1.165) is 25.3 Å². The highest BCUT2D eigenvalue weighted by Crippen LogP contribution is 2.24. The number of hydrogen-bond acceptors (Lipinski definition) is 3. The van der Waals surface area contributed by atoms with Gasteiger partial charge < -0.3 is 9.64 Å². The maximum Gasteiger partial charge on any atom is 0.131 e. The summed E-state index contributed by atoms with van der Waals surface area (Å²) in [6, 6.07) is 4.36. The quantitative estimate of drug-likeness (QED) is 0.744. The molecule has 16 heavy (non-hydrogen) atoms. The molecule has 0 radical (unpaired) electrons. The van der Waals surface area contributed by atoms with Crippen LogP contribution >= 0.6 is 11.6 Å². The van der Waals surface area contributed by atoms with Crippen molar-refractivity contribution in [2.75, 3.05) is 18.1 Å². The Bertz CT molecular complexity index is 359. The normalized spacial score (nSPS) is 25.8. The number of halogens is 1. The van der Waals surface area contributed by atoms with Crippen LogP contribution in [0.5, 0.6) is 0 Å². The Morgan fingerprint density at radius 1 is 1.62 bits per heavy atom. The molecule has 0 saturated carbocycles. The number of ether oxygens (including phenoxy) is 1. The Kier molecular flexibility index (Phi) is 3.66. The zero-order valence-electron chi connectivity index (χ0n) is 9.69. The summed E-state index contributed by atoms with van der Waals surface area (Å²) < 4.78 is 5.67. The van der Waals surface area contributed by atoms with E-state index in [2.05, 4.69) is 23.7 Å². The minimum atomic E-state index is 0.273. The smallest absolute Gasteiger partial charge is 0.131 e. The first-order valence-electron chi connectivity index (χ1n) is 5.70. The Morgan fingerprint density at radius 2 is 2.44 bits per heavy atom. The largest absolute Gasteiger partial charge is 0.375 e. The summed E-state index contributed by atoms with van der Waals surface area (Å²) in [5.74, 6) is 0.